The first-order valence-corrected chi connectivity index (χ1v) is 7.31. The second-order valence-electron chi connectivity index (χ2n) is 4.27. The van der Waals surface area contributed by atoms with Crippen LogP contribution in [-0.2, 0) is 10.2 Å². The van der Waals surface area contributed by atoms with Gasteiger partial charge in [-0.25, -0.2) is 4.79 Å². The highest BCUT2D eigenvalue weighted by Gasteiger charge is 2.10. The van der Waals surface area contributed by atoms with E-state index in [0.29, 0.717) is 5.56 Å². The monoisotopic (exact) mass is 306 g/mol. The van der Waals surface area contributed by atoms with Gasteiger partial charge in [-0.15, -0.1) is 3.89 Å². The van der Waals surface area contributed by atoms with Gasteiger partial charge >= 0.3 is 16.2 Å². The van der Waals surface area contributed by atoms with E-state index in [2.05, 4.69) is 0 Å². The van der Waals surface area contributed by atoms with Crippen molar-refractivity contribution in [3.05, 3.63) is 65.2 Å². The first-order chi connectivity index (χ1) is 9.86. The molecule has 4 nitrogen and oxygen atoms in total. The first kappa shape index (κ1) is 14.9. The van der Waals surface area contributed by atoms with E-state index in [4.69, 9.17) is 5.11 Å². The third-order valence-corrected chi connectivity index (χ3v) is 3.58. The summed E-state index contributed by atoms with van der Waals surface area (Å²) in [6.07, 6.45) is 3.29. The second-order valence-corrected chi connectivity index (χ2v) is 5.62. The molecule has 0 aliphatic rings. The zero-order valence-corrected chi connectivity index (χ0v) is 11.5. The highest BCUT2D eigenvalue weighted by atomic mass is 32.3. The summed E-state index contributed by atoms with van der Waals surface area (Å²) in [6.45, 7) is 0. The molecule has 0 aliphatic heterocycles. The normalized spacial score (nSPS) is 11.7. The Labute approximate surface area is 121 Å². The van der Waals surface area contributed by atoms with Crippen molar-refractivity contribution >= 4 is 28.3 Å². The zero-order chi connectivity index (χ0) is 15.5. The number of benzene rings is 2. The summed E-state index contributed by atoms with van der Waals surface area (Å²) in [7, 11) is -4.72. The minimum absolute atomic E-state index is 0.178. The van der Waals surface area contributed by atoms with E-state index in [0.717, 1.165) is 5.56 Å². The Bertz CT molecular complexity index is 793. The zero-order valence-electron chi connectivity index (χ0n) is 10.7. The number of carboxylic acids is 1. The van der Waals surface area contributed by atoms with Crippen molar-refractivity contribution < 1.29 is 22.2 Å². The van der Waals surface area contributed by atoms with Crippen molar-refractivity contribution in [2.75, 3.05) is 0 Å². The number of carbonyl (C=O) groups is 1. The predicted molar refractivity (Wildman–Crippen MR) is 77.1 cm³/mol. The molecule has 2 rings (SSSR count). The van der Waals surface area contributed by atoms with Crippen LogP contribution in [0.4, 0.5) is 3.89 Å². The third kappa shape index (κ3) is 4.00. The number of hydrogen-bond acceptors (Lipinski definition) is 3. The molecular formula is C15H11FO4S. The topological polar surface area (TPSA) is 71.4 Å². The van der Waals surface area contributed by atoms with Crippen LogP contribution >= 0.6 is 0 Å². The Balaban J connectivity index is 2.23. The second kappa shape index (κ2) is 5.88. The maximum atomic E-state index is 12.9. The van der Waals surface area contributed by atoms with Crippen molar-refractivity contribution in [3.63, 3.8) is 0 Å². The molecule has 6 heteroatoms. The molecule has 108 valence electrons. The molecule has 0 fully saturated rings. The van der Waals surface area contributed by atoms with Crippen molar-refractivity contribution in [1.29, 1.82) is 0 Å². The molecule has 0 spiro atoms. The third-order valence-electron chi connectivity index (χ3n) is 2.77. The van der Waals surface area contributed by atoms with Crippen LogP contribution in [-0.4, -0.2) is 19.5 Å². The molecule has 0 radical (unpaired) electrons. The minimum atomic E-state index is -4.72. The summed E-state index contributed by atoms with van der Waals surface area (Å²) in [5.74, 6) is -1.01. The molecule has 1 N–H and O–H groups in total. The summed E-state index contributed by atoms with van der Waals surface area (Å²) in [6, 6.07) is 11.6. The van der Waals surface area contributed by atoms with Gasteiger partial charge in [-0.05, 0) is 35.4 Å². The summed E-state index contributed by atoms with van der Waals surface area (Å²) >= 11 is 0. The van der Waals surface area contributed by atoms with Crippen LogP contribution in [0.25, 0.3) is 12.2 Å². The summed E-state index contributed by atoms with van der Waals surface area (Å²) in [5, 5.41) is 8.78. The molecule has 0 saturated carbocycles. The van der Waals surface area contributed by atoms with Crippen LogP contribution in [0.15, 0.2) is 53.4 Å². The molecule has 2 aromatic carbocycles. The lowest BCUT2D eigenvalue weighted by molar-refractivity contribution is 0.0697. The Kier molecular flexibility index (Phi) is 4.18. The van der Waals surface area contributed by atoms with Crippen molar-refractivity contribution in [3.8, 4) is 0 Å². The quantitative estimate of drug-likeness (QED) is 0.695. The lowest BCUT2D eigenvalue weighted by atomic mass is 10.1. The van der Waals surface area contributed by atoms with Crippen LogP contribution in [0.5, 0.6) is 0 Å². The van der Waals surface area contributed by atoms with E-state index in [9.17, 15) is 17.1 Å². The maximum absolute atomic E-state index is 12.9. The molecule has 2 aromatic rings. The SMILES string of the molecule is O=C(O)c1ccc(C=Cc2cccc(S(=O)(=O)F)c2)cc1. The van der Waals surface area contributed by atoms with E-state index in [1.807, 2.05) is 0 Å². The van der Waals surface area contributed by atoms with Crippen LogP contribution in [0.2, 0.25) is 0 Å². The molecule has 0 atom stereocenters. The Morgan fingerprint density at radius 1 is 1.00 bits per heavy atom. The number of aromatic carboxylic acids is 1. The van der Waals surface area contributed by atoms with Crippen LogP contribution in [0.3, 0.4) is 0 Å². The smallest absolute Gasteiger partial charge is 0.335 e. The van der Waals surface area contributed by atoms with Gasteiger partial charge in [-0.3, -0.25) is 0 Å². The molecule has 0 heterocycles. The fourth-order valence-corrected chi connectivity index (χ4v) is 2.22. The number of rotatable bonds is 4. The summed E-state index contributed by atoms with van der Waals surface area (Å²) < 4.78 is 34.5. The van der Waals surface area contributed by atoms with Gasteiger partial charge in [0, 0.05) is 0 Å². The Hall–Kier alpha value is -2.47. The fourth-order valence-electron chi connectivity index (χ4n) is 1.70. The molecule has 0 amide bonds. The molecule has 0 saturated heterocycles. The largest absolute Gasteiger partial charge is 0.478 e. The fraction of sp³-hybridized carbons (Fsp3) is 0. The Morgan fingerprint density at radius 2 is 1.62 bits per heavy atom. The van der Waals surface area contributed by atoms with Gasteiger partial charge in [0.05, 0.1) is 10.5 Å². The Morgan fingerprint density at radius 3 is 2.19 bits per heavy atom. The summed E-state index contributed by atoms with van der Waals surface area (Å²) in [5.41, 5.74) is 1.45. The standard InChI is InChI=1S/C15H11FO4S/c16-21(19,20)14-3-1-2-12(10-14)5-4-11-6-8-13(9-7-11)15(17)18/h1-10H,(H,17,18). The van der Waals surface area contributed by atoms with E-state index >= 15 is 0 Å². The van der Waals surface area contributed by atoms with E-state index in [-0.39, 0.29) is 5.56 Å². The lowest BCUT2D eigenvalue weighted by Gasteiger charge is -1.98. The van der Waals surface area contributed by atoms with Gasteiger partial charge in [-0.1, -0.05) is 36.4 Å². The van der Waals surface area contributed by atoms with E-state index < -0.39 is 21.1 Å². The predicted octanol–water partition coefficient (Wildman–Crippen LogP) is 3.21. The summed E-state index contributed by atoms with van der Waals surface area (Å²) in [4.78, 5) is 10.3. The van der Waals surface area contributed by atoms with Crippen molar-refractivity contribution in [2.24, 2.45) is 0 Å². The highest BCUT2D eigenvalue weighted by Crippen LogP contribution is 2.16. The molecule has 0 aromatic heterocycles. The maximum Gasteiger partial charge on any atom is 0.335 e. The van der Waals surface area contributed by atoms with Crippen LogP contribution in [0, 0.1) is 0 Å². The molecule has 0 unspecified atom stereocenters. The molecule has 21 heavy (non-hydrogen) atoms. The van der Waals surface area contributed by atoms with Gasteiger partial charge < -0.3 is 5.11 Å². The average molecular weight is 306 g/mol. The first-order valence-electron chi connectivity index (χ1n) is 5.92. The molecular weight excluding hydrogens is 295 g/mol. The van der Waals surface area contributed by atoms with Crippen LogP contribution in [0.1, 0.15) is 21.5 Å². The van der Waals surface area contributed by atoms with E-state index in [1.165, 1.54) is 30.3 Å². The highest BCUT2D eigenvalue weighted by molar-refractivity contribution is 7.86. The van der Waals surface area contributed by atoms with Crippen molar-refractivity contribution in [1.82, 2.24) is 0 Å². The number of hydrogen-bond donors (Lipinski definition) is 1. The molecule has 0 bridgehead atoms. The van der Waals surface area contributed by atoms with Gasteiger partial charge in [-0.2, -0.15) is 8.42 Å². The van der Waals surface area contributed by atoms with Crippen LogP contribution < -0.4 is 0 Å². The van der Waals surface area contributed by atoms with Gasteiger partial charge in [0.2, 0.25) is 0 Å². The van der Waals surface area contributed by atoms with Gasteiger partial charge in [0.15, 0.2) is 0 Å². The van der Waals surface area contributed by atoms with Gasteiger partial charge in [0.25, 0.3) is 0 Å². The lowest BCUT2D eigenvalue weighted by Crippen LogP contribution is -1.94. The van der Waals surface area contributed by atoms with Crippen molar-refractivity contribution in [2.45, 2.75) is 4.90 Å². The minimum Gasteiger partial charge on any atom is -0.478 e. The van der Waals surface area contributed by atoms with Gasteiger partial charge in [0.1, 0.15) is 0 Å². The average Bonchev–Trinajstić information content (AvgIpc) is 2.45. The van der Waals surface area contributed by atoms with E-state index in [1.54, 1.807) is 30.4 Å². The molecule has 0 aliphatic carbocycles. The number of halogens is 1. The number of carboxylic acid groups (broad SMARTS) is 1.